The van der Waals surface area contributed by atoms with E-state index in [1.807, 2.05) is 12.2 Å². The Balaban J connectivity index is 4.37. The van der Waals surface area contributed by atoms with Crippen molar-refractivity contribution in [2.75, 3.05) is 26.4 Å². The Kier molecular flexibility index (Phi) is 43.2. The number of hydrogen-bond donors (Lipinski definition) is 5. The smallest absolute Gasteiger partial charge is 0.462 e. The van der Waals surface area contributed by atoms with Crippen LogP contribution < -0.4 is 0 Å². The van der Waals surface area contributed by atoms with Crippen LogP contribution >= 0.6 is 7.82 Å². The second-order valence-corrected chi connectivity index (χ2v) is 18.8. The normalized spacial score (nSPS) is 15.6. The van der Waals surface area contributed by atoms with Gasteiger partial charge in [0.15, 0.2) is 6.10 Å². The van der Waals surface area contributed by atoms with E-state index in [-0.39, 0.29) is 32.1 Å². The summed E-state index contributed by atoms with van der Waals surface area (Å²) in [5, 5.41) is 39.2. The SMILES string of the molecule is CC/C=C\C/C=C\C/C=C\C/C=C\C[C@@H](O)[C@H](O)CCCC(=O)O[C@H](COC(=O)CCCCCCCCCCCCCCCCCCCCC(C)CC)COP(=O)(O)OC[C@@H](O)CO. The van der Waals surface area contributed by atoms with E-state index in [1.54, 1.807) is 6.08 Å². The zero-order chi connectivity index (χ0) is 47.4. The summed E-state index contributed by atoms with van der Waals surface area (Å²) < 4.78 is 32.6. The Labute approximate surface area is 389 Å². The number of aliphatic hydroxyl groups is 4. The van der Waals surface area contributed by atoms with Crippen LogP contribution in [0.25, 0.3) is 0 Å². The molecular weight excluding hydrogens is 836 g/mol. The van der Waals surface area contributed by atoms with Gasteiger partial charge in [-0.1, -0.05) is 191 Å². The lowest BCUT2D eigenvalue weighted by Gasteiger charge is -2.20. The van der Waals surface area contributed by atoms with Crippen LogP contribution in [0.15, 0.2) is 48.6 Å². The summed E-state index contributed by atoms with van der Waals surface area (Å²) in [6, 6.07) is 0. The van der Waals surface area contributed by atoms with Gasteiger partial charge in [0.1, 0.15) is 12.7 Å². The van der Waals surface area contributed by atoms with Crippen LogP contribution in [0.1, 0.15) is 207 Å². The molecule has 0 aromatic carbocycles. The van der Waals surface area contributed by atoms with Crippen molar-refractivity contribution in [3.8, 4) is 0 Å². The fourth-order valence-electron chi connectivity index (χ4n) is 6.88. The summed E-state index contributed by atoms with van der Waals surface area (Å²) >= 11 is 0. The molecule has 0 rings (SSSR count). The van der Waals surface area contributed by atoms with E-state index in [0.29, 0.717) is 12.8 Å². The third kappa shape index (κ3) is 42.5. The highest BCUT2D eigenvalue weighted by atomic mass is 31.2. The van der Waals surface area contributed by atoms with Crippen LogP contribution in [0, 0.1) is 5.92 Å². The molecule has 0 fully saturated rings. The Bertz CT molecular complexity index is 1250. The molecule has 0 saturated carbocycles. The molecule has 0 aromatic heterocycles. The number of carbonyl (C=O) groups excluding carboxylic acids is 2. The molecule has 0 radical (unpaired) electrons. The van der Waals surface area contributed by atoms with Crippen molar-refractivity contribution in [3.05, 3.63) is 48.6 Å². The first-order chi connectivity index (χ1) is 30.9. The lowest BCUT2D eigenvalue weighted by Crippen LogP contribution is -2.30. The van der Waals surface area contributed by atoms with Crippen LogP contribution in [0.4, 0.5) is 0 Å². The van der Waals surface area contributed by atoms with Gasteiger partial charge < -0.3 is 34.8 Å². The number of rotatable bonds is 46. The molecule has 2 unspecified atom stereocenters. The average molecular weight is 929 g/mol. The minimum atomic E-state index is -4.71. The predicted octanol–water partition coefficient (Wildman–Crippen LogP) is 11.9. The topological polar surface area (TPSA) is 189 Å². The van der Waals surface area contributed by atoms with Crippen LogP contribution in [-0.4, -0.2) is 88.1 Å². The number of allylic oxidation sites excluding steroid dienone is 7. The Morgan fingerprint density at radius 3 is 1.50 bits per heavy atom. The van der Waals surface area contributed by atoms with Crippen molar-refractivity contribution in [3.63, 3.8) is 0 Å². The molecule has 6 atom stereocenters. The van der Waals surface area contributed by atoms with E-state index in [4.69, 9.17) is 19.1 Å². The van der Waals surface area contributed by atoms with Gasteiger partial charge in [-0.3, -0.25) is 18.6 Å². The molecule has 0 spiro atoms. The van der Waals surface area contributed by atoms with Crippen molar-refractivity contribution in [2.24, 2.45) is 5.92 Å². The molecule has 0 saturated heterocycles. The Morgan fingerprint density at radius 1 is 0.547 bits per heavy atom. The molecule has 64 heavy (non-hydrogen) atoms. The van der Waals surface area contributed by atoms with Crippen LogP contribution in [0.3, 0.4) is 0 Å². The van der Waals surface area contributed by atoms with Gasteiger partial charge in [-0.05, 0) is 57.3 Å². The number of unbranched alkanes of at least 4 members (excludes halogenated alkanes) is 17. The summed E-state index contributed by atoms with van der Waals surface area (Å²) in [6.07, 6.45) is 41.0. The second-order valence-electron chi connectivity index (χ2n) is 17.4. The van der Waals surface area contributed by atoms with Gasteiger partial charge in [0, 0.05) is 12.8 Å². The van der Waals surface area contributed by atoms with Crippen molar-refractivity contribution < 1.29 is 58.0 Å². The molecule has 0 aromatic rings. The Morgan fingerprint density at radius 2 is 1.00 bits per heavy atom. The van der Waals surface area contributed by atoms with Crippen molar-refractivity contribution in [1.29, 1.82) is 0 Å². The standard InChI is InChI=1S/C51H93O12P/c1-4-6-7-8-9-10-11-21-24-27-30-33-37-48(54)49(55)38-35-40-51(57)63-47(44-62-64(58,59)61-42-46(53)41-52)43-60-50(56)39-34-31-28-25-22-19-17-15-13-12-14-16-18-20-23-26-29-32-36-45(3)5-2/h6-7,9-10,21,24,30,33,45-49,52-55H,4-5,8,11-20,22-23,25-29,31-32,34-44H2,1-3H3,(H,58,59)/b7-6-,10-9-,24-21-,33-30-/t45?,46-,47+,48+,49+/m0/s1. The van der Waals surface area contributed by atoms with Gasteiger partial charge in [-0.15, -0.1) is 0 Å². The highest BCUT2D eigenvalue weighted by Gasteiger charge is 2.27. The molecular formula is C51H93O12P. The fraction of sp³-hybridized carbons (Fsp3) is 0.804. The number of phosphoric ester groups is 1. The maximum Gasteiger partial charge on any atom is 0.472 e. The summed E-state index contributed by atoms with van der Waals surface area (Å²) in [6.45, 7) is 4.34. The summed E-state index contributed by atoms with van der Waals surface area (Å²) in [5.41, 5.74) is 0. The average Bonchev–Trinajstić information content (AvgIpc) is 3.28. The third-order valence-corrected chi connectivity index (χ3v) is 12.2. The van der Waals surface area contributed by atoms with Gasteiger partial charge in [-0.2, -0.15) is 0 Å². The monoisotopic (exact) mass is 929 g/mol. The number of hydrogen-bond acceptors (Lipinski definition) is 11. The summed E-state index contributed by atoms with van der Waals surface area (Å²) in [4.78, 5) is 35.2. The van der Waals surface area contributed by atoms with Crippen LogP contribution in [-0.2, 0) is 32.7 Å². The molecule has 0 aliphatic rings. The zero-order valence-corrected chi connectivity index (χ0v) is 41.3. The number of esters is 2. The molecule has 374 valence electrons. The first-order valence-corrected chi connectivity index (χ1v) is 26.6. The minimum Gasteiger partial charge on any atom is -0.462 e. The molecule has 0 heterocycles. The highest BCUT2D eigenvalue weighted by Crippen LogP contribution is 2.43. The largest absolute Gasteiger partial charge is 0.472 e. The minimum absolute atomic E-state index is 0.131. The molecule has 0 aliphatic heterocycles. The second kappa shape index (κ2) is 44.7. The van der Waals surface area contributed by atoms with E-state index in [0.717, 1.165) is 44.4 Å². The van der Waals surface area contributed by atoms with E-state index in [9.17, 15) is 34.4 Å². The molecule has 5 N–H and O–H groups in total. The fourth-order valence-corrected chi connectivity index (χ4v) is 7.67. The summed E-state index contributed by atoms with van der Waals surface area (Å²) in [5.74, 6) is -0.322. The van der Waals surface area contributed by atoms with Crippen LogP contribution in [0.2, 0.25) is 0 Å². The third-order valence-electron chi connectivity index (χ3n) is 11.2. The van der Waals surface area contributed by atoms with Crippen molar-refractivity contribution in [1.82, 2.24) is 0 Å². The molecule has 0 aliphatic carbocycles. The Hall–Kier alpha value is -2.15. The maximum atomic E-state index is 12.7. The molecule has 13 heteroatoms. The number of ether oxygens (including phenoxy) is 2. The molecule has 12 nitrogen and oxygen atoms in total. The summed E-state index contributed by atoms with van der Waals surface area (Å²) in [7, 11) is -4.71. The number of aliphatic hydroxyl groups excluding tert-OH is 4. The predicted molar refractivity (Wildman–Crippen MR) is 259 cm³/mol. The first-order valence-electron chi connectivity index (χ1n) is 25.2. The number of phosphoric acid groups is 1. The zero-order valence-electron chi connectivity index (χ0n) is 40.4. The van der Waals surface area contributed by atoms with Gasteiger partial charge in [0.25, 0.3) is 0 Å². The van der Waals surface area contributed by atoms with E-state index < -0.39 is 70.6 Å². The quantitative estimate of drug-likeness (QED) is 0.0168. The van der Waals surface area contributed by atoms with E-state index >= 15 is 0 Å². The van der Waals surface area contributed by atoms with Gasteiger partial charge >= 0.3 is 19.8 Å². The lowest BCUT2D eigenvalue weighted by molar-refractivity contribution is -0.161. The number of carbonyl (C=O) groups is 2. The van der Waals surface area contributed by atoms with Crippen molar-refractivity contribution >= 4 is 19.8 Å². The van der Waals surface area contributed by atoms with Crippen LogP contribution in [0.5, 0.6) is 0 Å². The maximum absolute atomic E-state index is 12.7. The highest BCUT2D eigenvalue weighted by molar-refractivity contribution is 7.47. The van der Waals surface area contributed by atoms with Gasteiger partial charge in [-0.25, -0.2) is 4.57 Å². The molecule has 0 bridgehead atoms. The lowest BCUT2D eigenvalue weighted by atomic mass is 9.99. The van der Waals surface area contributed by atoms with Crippen molar-refractivity contribution in [2.45, 2.75) is 231 Å². The van der Waals surface area contributed by atoms with Gasteiger partial charge in [0.2, 0.25) is 0 Å². The first kappa shape index (κ1) is 61.9. The van der Waals surface area contributed by atoms with Gasteiger partial charge in [0.05, 0.1) is 32.0 Å². The van der Waals surface area contributed by atoms with E-state index in [2.05, 4.69) is 55.7 Å². The van der Waals surface area contributed by atoms with E-state index in [1.165, 1.54) is 103 Å². The molecule has 0 amide bonds.